The normalized spacial score (nSPS) is 17.2. The monoisotopic (exact) mass is 376 g/mol. The van der Waals surface area contributed by atoms with Crippen LogP contribution in [0.25, 0.3) is 20.8 Å². The molecule has 0 saturated carbocycles. The molecule has 1 aliphatic carbocycles. The molecule has 1 aromatic carbocycles. The minimum absolute atomic E-state index is 0.704. The summed E-state index contributed by atoms with van der Waals surface area (Å²) in [5, 5.41) is 2.60. The molecular formula is C18H16Cl2N3S+. The van der Waals surface area contributed by atoms with Crippen LogP contribution in [0.4, 0.5) is 5.69 Å². The summed E-state index contributed by atoms with van der Waals surface area (Å²) in [5.41, 5.74) is 2.88. The summed E-state index contributed by atoms with van der Waals surface area (Å²) < 4.78 is 3.47. The smallest absolute Gasteiger partial charge is 0.202 e. The molecule has 2 saturated heterocycles. The van der Waals surface area contributed by atoms with E-state index in [2.05, 4.69) is 21.6 Å². The summed E-state index contributed by atoms with van der Waals surface area (Å²) in [4.78, 5) is 8.25. The Balaban J connectivity index is 1.77. The second-order valence-electron chi connectivity index (χ2n) is 6.44. The van der Waals surface area contributed by atoms with E-state index in [1.165, 1.54) is 23.9 Å². The van der Waals surface area contributed by atoms with Gasteiger partial charge >= 0.3 is 0 Å². The maximum Gasteiger partial charge on any atom is 0.202 e. The average molecular weight is 377 g/mol. The van der Waals surface area contributed by atoms with Crippen molar-refractivity contribution < 1.29 is 0 Å². The summed E-state index contributed by atoms with van der Waals surface area (Å²) in [5.74, 6) is 0. The topological polar surface area (TPSA) is 19.1 Å². The summed E-state index contributed by atoms with van der Waals surface area (Å²) in [6.07, 6.45) is 2.51. The number of hydrogen-bond acceptors (Lipinski definition) is 3. The third-order valence-corrected chi connectivity index (χ3v) is 6.55. The fraction of sp³-hybridized carbons (Fsp3) is 0.333. The van der Waals surface area contributed by atoms with Crippen LogP contribution in [-0.2, 0) is 0 Å². The van der Waals surface area contributed by atoms with Crippen molar-refractivity contribution in [1.82, 2.24) is 9.56 Å². The Hall–Kier alpha value is -1.36. The standard InChI is InChI=1S/C18H16Cl2N3S/c19-13-7-11(22-3-1-4-22)9-15-17(13)21-18-14(20)8-12(10-16(18)24-15)23-5-2-6-23/h7-10H,1-6H2/q+1. The van der Waals surface area contributed by atoms with Crippen molar-refractivity contribution in [2.45, 2.75) is 12.8 Å². The molecule has 3 nitrogen and oxygen atoms in total. The Bertz CT molecular complexity index is 1000. The van der Waals surface area contributed by atoms with Crippen molar-refractivity contribution in [2.75, 3.05) is 31.1 Å². The first-order valence-electron chi connectivity index (χ1n) is 8.25. The summed E-state index contributed by atoms with van der Waals surface area (Å²) in [6.45, 7) is 4.44. The van der Waals surface area contributed by atoms with Gasteiger partial charge in [-0.2, -0.15) is 0 Å². The first-order chi connectivity index (χ1) is 11.7. The second kappa shape index (κ2) is 5.58. The first-order valence-corrected chi connectivity index (χ1v) is 9.83. The Morgan fingerprint density at radius 3 is 2.50 bits per heavy atom. The highest BCUT2D eigenvalue weighted by atomic mass is 35.5. The van der Waals surface area contributed by atoms with E-state index >= 15 is 0 Å². The lowest BCUT2D eigenvalue weighted by Gasteiger charge is -2.33. The highest BCUT2D eigenvalue weighted by Crippen LogP contribution is 2.39. The molecule has 0 atom stereocenters. The van der Waals surface area contributed by atoms with Crippen LogP contribution in [0.1, 0.15) is 12.8 Å². The predicted octanol–water partition coefficient (Wildman–Crippen LogP) is 4.09. The maximum atomic E-state index is 6.52. The lowest BCUT2D eigenvalue weighted by atomic mass is 10.1. The molecule has 0 bridgehead atoms. The van der Waals surface area contributed by atoms with Crippen molar-refractivity contribution in [2.24, 2.45) is 0 Å². The Morgan fingerprint density at radius 2 is 1.83 bits per heavy atom. The van der Waals surface area contributed by atoms with Crippen LogP contribution < -0.4 is 14.8 Å². The SMILES string of the molecule is Clc1cc(=[N+]2CCC2)cc2sc3cc(N4CCC4)cc(Cl)c3nc1-2. The fourth-order valence-electron chi connectivity index (χ4n) is 3.24. The van der Waals surface area contributed by atoms with Crippen molar-refractivity contribution in [3.63, 3.8) is 0 Å². The molecule has 0 unspecified atom stereocenters. The lowest BCUT2D eigenvalue weighted by molar-refractivity contribution is 0.433. The molecule has 24 heavy (non-hydrogen) atoms. The predicted molar refractivity (Wildman–Crippen MR) is 103 cm³/mol. The van der Waals surface area contributed by atoms with E-state index in [0.717, 1.165) is 47.0 Å². The summed E-state index contributed by atoms with van der Waals surface area (Å²) >= 11 is 14.8. The minimum atomic E-state index is 0.704. The van der Waals surface area contributed by atoms with Gasteiger partial charge in [-0.15, -0.1) is 11.3 Å². The van der Waals surface area contributed by atoms with Gasteiger partial charge in [-0.25, -0.2) is 9.56 Å². The van der Waals surface area contributed by atoms with Gasteiger partial charge in [0.15, 0.2) is 0 Å². The van der Waals surface area contributed by atoms with E-state index in [4.69, 9.17) is 28.2 Å². The van der Waals surface area contributed by atoms with Gasteiger partial charge in [-0.1, -0.05) is 23.2 Å². The molecule has 0 aromatic heterocycles. The number of halogens is 2. The van der Waals surface area contributed by atoms with E-state index in [9.17, 15) is 0 Å². The minimum Gasteiger partial charge on any atom is -0.371 e. The number of fused-ring (bicyclic) bond motifs is 2. The molecule has 3 heterocycles. The van der Waals surface area contributed by atoms with E-state index < -0.39 is 0 Å². The molecule has 0 amide bonds. The number of rotatable bonds is 1. The number of anilines is 1. The molecule has 0 radical (unpaired) electrons. The Kier molecular flexibility index (Phi) is 3.47. The lowest BCUT2D eigenvalue weighted by Crippen LogP contribution is -2.40. The van der Waals surface area contributed by atoms with Crippen molar-refractivity contribution >= 4 is 50.4 Å². The quantitative estimate of drug-likeness (QED) is 0.470. The molecule has 0 spiro atoms. The van der Waals surface area contributed by atoms with E-state index in [1.807, 2.05) is 12.1 Å². The van der Waals surface area contributed by atoms with Gasteiger partial charge in [0.05, 0.1) is 31.6 Å². The third kappa shape index (κ3) is 2.32. The van der Waals surface area contributed by atoms with Gasteiger partial charge in [-0.3, -0.25) is 0 Å². The van der Waals surface area contributed by atoms with Gasteiger partial charge in [0.2, 0.25) is 5.36 Å². The van der Waals surface area contributed by atoms with Gasteiger partial charge in [-0.05, 0) is 18.6 Å². The molecule has 2 fully saturated rings. The Morgan fingerprint density at radius 1 is 1.00 bits per heavy atom. The molecular weight excluding hydrogens is 361 g/mol. The molecule has 5 rings (SSSR count). The largest absolute Gasteiger partial charge is 0.371 e. The maximum absolute atomic E-state index is 6.52. The molecule has 0 N–H and O–H groups in total. The van der Waals surface area contributed by atoms with Crippen LogP contribution >= 0.6 is 34.5 Å². The van der Waals surface area contributed by atoms with E-state index in [0.29, 0.717) is 10.0 Å². The zero-order valence-corrected chi connectivity index (χ0v) is 15.4. The molecule has 3 aliphatic heterocycles. The zero-order valence-electron chi connectivity index (χ0n) is 13.1. The van der Waals surface area contributed by atoms with Gasteiger partial charge in [0.1, 0.15) is 18.8 Å². The summed E-state index contributed by atoms with van der Waals surface area (Å²) in [7, 11) is 0. The van der Waals surface area contributed by atoms with Crippen LogP contribution in [0.3, 0.4) is 0 Å². The fourth-order valence-corrected chi connectivity index (χ4v) is 4.96. The van der Waals surface area contributed by atoms with Gasteiger partial charge in [0.25, 0.3) is 0 Å². The van der Waals surface area contributed by atoms with Gasteiger partial charge < -0.3 is 4.90 Å². The van der Waals surface area contributed by atoms with Crippen molar-refractivity contribution in [1.29, 1.82) is 0 Å². The number of hydrogen-bond donors (Lipinski definition) is 0. The van der Waals surface area contributed by atoms with E-state index in [-0.39, 0.29) is 0 Å². The second-order valence-corrected chi connectivity index (χ2v) is 8.34. The Labute approximate surface area is 154 Å². The molecule has 4 aliphatic rings. The van der Waals surface area contributed by atoms with Crippen LogP contribution in [0.5, 0.6) is 0 Å². The van der Waals surface area contributed by atoms with Crippen LogP contribution in [0.15, 0.2) is 24.3 Å². The molecule has 6 heteroatoms. The van der Waals surface area contributed by atoms with Crippen LogP contribution in [-0.4, -0.2) is 31.2 Å². The van der Waals surface area contributed by atoms with Crippen LogP contribution in [0.2, 0.25) is 10.0 Å². The number of benzene rings is 2. The van der Waals surface area contributed by atoms with E-state index in [1.54, 1.807) is 11.3 Å². The number of aromatic nitrogens is 1. The first kappa shape index (κ1) is 14.9. The molecule has 1 aromatic rings. The van der Waals surface area contributed by atoms with Gasteiger partial charge in [0, 0.05) is 30.9 Å². The third-order valence-electron chi connectivity index (χ3n) is 4.91. The average Bonchev–Trinajstić information content (AvgIpc) is 2.42. The van der Waals surface area contributed by atoms with Crippen LogP contribution in [0, 0.1) is 0 Å². The molecule has 122 valence electrons. The van der Waals surface area contributed by atoms with Crippen molar-refractivity contribution in [3.05, 3.63) is 39.7 Å². The van der Waals surface area contributed by atoms with Crippen molar-refractivity contribution in [3.8, 4) is 10.6 Å². The summed E-state index contributed by atoms with van der Waals surface area (Å²) in [6, 6.07) is 8.47. The highest BCUT2D eigenvalue weighted by Gasteiger charge is 2.21. The zero-order chi connectivity index (χ0) is 16.3. The highest BCUT2D eigenvalue weighted by molar-refractivity contribution is 7.21. The number of nitrogens with zero attached hydrogens (tertiary/aromatic N) is 3.